The first-order valence-corrected chi connectivity index (χ1v) is 7.35. The summed E-state index contributed by atoms with van der Waals surface area (Å²) in [4.78, 5) is 18.1. The van der Waals surface area contributed by atoms with Gasteiger partial charge in [-0.3, -0.25) is 4.79 Å². The molecule has 0 radical (unpaired) electrons. The number of hydrogen-bond acceptors (Lipinski definition) is 5. The molecule has 1 heterocycles. The summed E-state index contributed by atoms with van der Waals surface area (Å²) < 4.78 is 0. The minimum absolute atomic E-state index is 0.214. The summed E-state index contributed by atoms with van der Waals surface area (Å²) in [5.74, 6) is -0.214. The van der Waals surface area contributed by atoms with Gasteiger partial charge in [-0.1, -0.05) is 6.58 Å². The summed E-state index contributed by atoms with van der Waals surface area (Å²) in [6.45, 7) is 9.63. The lowest BCUT2D eigenvalue weighted by Gasteiger charge is -2.34. The molecule has 0 saturated carbocycles. The van der Waals surface area contributed by atoms with Gasteiger partial charge in [-0.05, 0) is 31.8 Å². The van der Waals surface area contributed by atoms with Crippen LogP contribution in [0.1, 0.15) is 6.92 Å². The van der Waals surface area contributed by atoms with Gasteiger partial charge in [0.25, 0.3) is 0 Å². The lowest BCUT2D eigenvalue weighted by atomic mass is 10.0. The van der Waals surface area contributed by atoms with E-state index in [1.807, 2.05) is 32.1 Å². The molecule has 0 aromatic rings. The number of amides is 1. The molecule has 0 spiro atoms. The maximum atomic E-state index is 12.3. The zero-order valence-corrected chi connectivity index (χ0v) is 13.3. The number of piperazine rings is 1. The molecule has 120 valence electrons. The first-order chi connectivity index (χ1) is 9.86. The Labute approximate surface area is 127 Å². The zero-order chi connectivity index (χ0) is 16.0. The lowest BCUT2D eigenvalue weighted by Crippen LogP contribution is -2.55. The van der Waals surface area contributed by atoms with Crippen LogP contribution in [0.3, 0.4) is 0 Å². The third-order valence-corrected chi connectivity index (χ3v) is 3.86. The Bertz CT molecular complexity index is 389. The van der Waals surface area contributed by atoms with Crippen LogP contribution >= 0.6 is 0 Å². The third kappa shape index (κ3) is 5.15. The van der Waals surface area contributed by atoms with Gasteiger partial charge in [-0.15, -0.1) is 0 Å². The highest BCUT2D eigenvalue weighted by Gasteiger charge is 2.29. The van der Waals surface area contributed by atoms with E-state index in [2.05, 4.69) is 11.5 Å². The van der Waals surface area contributed by atoms with Crippen molar-refractivity contribution >= 4 is 5.91 Å². The van der Waals surface area contributed by atoms with Gasteiger partial charge in [0, 0.05) is 39.8 Å². The minimum Gasteiger partial charge on any atom is -0.386 e. The van der Waals surface area contributed by atoms with E-state index in [0.29, 0.717) is 18.7 Å². The topological polar surface area (TPSA) is 73.0 Å². The molecule has 1 aliphatic rings. The first kappa shape index (κ1) is 17.7. The van der Waals surface area contributed by atoms with Crippen molar-refractivity contribution in [1.29, 1.82) is 0 Å². The number of likely N-dealkylation sites (N-methyl/N-ethyl adjacent to an activating group) is 1. The second kappa shape index (κ2) is 8.17. The monoisotopic (exact) mass is 296 g/mol. The van der Waals surface area contributed by atoms with Crippen molar-refractivity contribution in [2.45, 2.75) is 19.1 Å². The molecule has 1 fully saturated rings. The number of carbonyl (C=O) groups excluding carboxylic acids is 1. The lowest BCUT2D eigenvalue weighted by molar-refractivity contribution is -0.136. The molecule has 21 heavy (non-hydrogen) atoms. The number of aliphatic hydroxyl groups excluding tert-OH is 1. The molecule has 0 aromatic carbocycles. The van der Waals surface area contributed by atoms with Gasteiger partial charge in [0.1, 0.15) is 12.1 Å². The number of aliphatic hydroxyl groups is 1. The number of carbonyl (C=O) groups is 1. The van der Waals surface area contributed by atoms with Gasteiger partial charge in [-0.25, -0.2) is 0 Å². The average molecular weight is 296 g/mol. The van der Waals surface area contributed by atoms with E-state index in [1.165, 1.54) is 0 Å². The van der Waals surface area contributed by atoms with Crippen molar-refractivity contribution < 1.29 is 9.90 Å². The molecule has 0 aromatic heterocycles. The smallest absolute Gasteiger partial charge is 0.242 e. The standard InChI is InChI=1S/C15H28N4O2/c1-5-17(3)7-6-12(2)14(20)13(16)15(21)19-10-8-18(4)9-11-19/h6-7,13-14,20H,2,5,8-11,16H2,1,3-4H3/b7-6-/t13-,14+/m1/s1. The molecule has 1 amide bonds. The Morgan fingerprint density at radius 2 is 2.00 bits per heavy atom. The summed E-state index contributed by atoms with van der Waals surface area (Å²) in [7, 11) is 3.94. The summed E-state index contributed by atoms with van der Waals surface area (Å²) in [6.07, 6.45) is 2.46. The summed E-state index contributed by atoms with van der Waals surface area (Å²) in [5.41, 5.74) is 6.35. The molecule has 0 unspecified atom stereocenters. The Kier molecular flexibility index (Phi) is 6.87. The van der Waals surface area contributed by atoms with Crippen LogP contribution in [0, 0.1) is 0 Å². The number of hydrogen-bond donors (Lipinski definition) is 2. The van der Waals surface area contributed by atoms with Gasteiger partial charge < -0.3 is 25.5 Å². The van der Waals surface area contributed by atoms with Gasteiger partial charge in [0.2, 0.25) is 5.91 Å². The van der Waals surface area contributed by atoms with Gasteiger partial charge in [-0.2, -0.15) is 0 Å². The molecule has 1 rings (SSSR count). The third-order valence-electron chi connectivity index (χ3n) is 3.86. The fourth-order valence-corrected chi connectivity index (χ4v) is 2.03. The highest BCUT2D eigenvalue weighted by Crippen LogP contribution is 2.10. The van der Waals surface area contributed by atoms with E-state index < -0.39 is 12.1 Å². The number of rotatable bonds is 6. The Morgan fingerprint density at radius 1 is 1.43 bits per heavy atom. The number of nitrogens with two attached hydrogens (primary N) is 1. The fourth-order valence-electron chi connectivity index (χ4n) is 2.03. The summed E-state index contributed by atoms with van der Waals surface area (Å²) in [5, 5.41) is 10.2. The van der Waals surface area contributed by atoms with Gasteiger partial charge in [0.15, 0.2) is 0 Å². The van der Waals surface area contributed by atoms with Crippen molar-refractivity contribution in [3.05, 3.63) is 24.4 Å². The second-order valence-corrected chi connectivity index (χ2v) is 5.56. The SMILES string of the molecule is C=C(/C=C\N(C)CC)[C@H](O)[C@@H](N)C(=O)N1CCN(C)CC1. The van der Waals surface area contributed by atoms with Crippen molar-refractivity contribution in [2.24, 2.45) is 5.73 Å². The zero-order valence-electron chi connectivity index (χ0n) is 13.3. The predicted molar refractivity (Wildman–Crippen MR) is 84.6 cm³/mol. The molecule has 0 bridgehead atoms. The fraction of sp³-hybridized carbons (Fsp3) is 0.667. The first-order valence-electron chi connectivity index (χ1n) is 7.35. The highest BCUT2D eigenvalue weighted by molar-refractivity contribution is 5.83. The van der Waals surface area contributed by atoms with Crippen LogP contribution in [0.25, 0.3) is 0 Å². The largest absolute Gasteiger partial charge is 0.386 e. The molecule has 0 aliphatic carbocycles. The maximum absolute atomic E-state index is 12.3. The molecule has 6 heteroatoms. The van der Waals surface area contributed by atoms with E-state index in [-0.39, 0.29) is 5.91 Å². The van der Waals surface area contributed by atoms with Crippen LogP contribution in [-0.4, -0.2) is 84.7 Å². The van der Waals surface area contributed by atoms with Gasteiger partial charge >= 0.3 is 0 Å². The van der Waals surface area contributed by atoms with Crippen molar-refractivity contribution in [3.8, 4) is 0 Å². The molecule has 6 nitrogen and oxygen atoms in total. The van der Waals surface area contributed by atoms with Crippen LogP contribution in [0.4, 0.5) is 0 Å². The Balaban J connectivity index is 2.56. The molecule has 1 aliphatic heterocycles. The van der Waals surface area contributed by atoms with Crippen molar-refractivity contribution in [2.75, 3.05) is 46.8 Å². The van der Waals surface area contributed by atoms with Crippen LogP contribution in [0.2, 0.25) is 0 Å². The maximum Gasteiger partial charge on any atom is 0.242 e. The van der Waals surface area contributed by atoms with Crippen LogP contribution in [0.5, 0.6) is 0 Å². The minimum atomic E-state index is -1.06. The van der Waals surface area contributed by atoms with Crippen LogP contribution in [-0.2, 0) is 4.79 Å². The van der Waals surface area contributed by atoms with E-state index in [9.17, 15) is 9.90 Å². The van der Waals surface area contributed by atoms with E-state index in [1.54, 1.807) is 11.0 Å². The summed E-state index contributed by atoms with van der Waals surface area (Å²) in [6, 6.07) is -0.961. The molecular weight excluding hydrogens is 268 g/mol. The van der Waals surface area contributed by atoms with Crippen molar-refractivity contribution in [1.82, 2.24) is 14.7 Å². The normalized spacial score (nSPS) is 19.6. The Morgan fingerprint density at radius 3 is 2.52 bits per heavy atom. The molecule has 3 N–H and O–H groups in total. The highest BCUT2D eigenvalue weighted by atomic mass is 16.3. The van der Waals surface area contributed by atoms with E-state index in [4.69, 9.17) is 5.73 Å². The van der Waals surface area contributed by atoms with Gasteiger partial charge in [0.05, 0.1) is 0 Å². The van der Waals surface area contributed by atoms with Crippen LogP contribution < -0.4 is 5.73 Å². The average Bonchev–Trinajstić information content (AvgIpc) is 2.50. The van der Waals surface area contributed by atoms with Crippen molar-refractivity contribution in [3.63, 3.8) is 0 Å². The summed E-state index contributed by atoms with van der Waals surface area (Å²) >= 11 is 0. The Hall–Kier alpha value is -1.37. The van der Waals surface area contributed by atoms with Crippen LogP contribution in [0.15, 0.2) is 24.4 Å². The molecular formula is C15H28N4O2. The number of nitrogens with zero attached hydrogens (tertiary/aromatic N) is 3. The molecule has 1 saturated heterocycles. The second-order valence-electron chi connectivity index (χ2n) is 5.56. The molecule has 2 atom stereocenters. The quantitative estimate of drug-likeness (QED) is 0.645. The van der Waals surface area contributed by atoms with E-state index >= 15 is 0 Å². The predicted octanol–water partition coefficient (Wildman–Crippen LogP) is -0.530. The van der Waals surface area contributed by atoms with E-state index in [0.717, 1.165) is 19.6 Å².